The van der Waals surface area contributed by atoms with Crippen LogP contribution in [0.1, 0.15) is 81.5 Å². The fraction of sp³-hybridized carbons (Fsp3) is 0.308. The number of H-pyrrole nitrogens is 2. The fourth-order valence-electron chi connectivity index (χ4n) is 8.71. The van der Waals surface area contributed by atoms with Gasteiger partial charge in [-0.25, -0.2) is 14.6 Å². The molecule has 0 saturated heterocycles. The molecule has 8 N–H and O–H groups in total. The van der Waals surface area contributed by atoms with E-state index < -0.39 is 23.3 Å². The van der Waals surface area contributed by atoms with Crippen molar-refractivity contribution in [2.45, 2.75) is 98.3 Å². The Labute approximate surface area is 486 Å². The Morgan fingerprint density at radius 1 is 0.622 bits per heavy atom. The molecule has 0 spiro atoms. The molecule has 9 heterocycles. The number of nitrogen functional groups attached to an aromatic ring is 3. The molecule has 0 amide bonds. The molecular formula is C52H60BrClN20O7Sn. The average Bonchev–Trinajstić information content (AvgIpc) is 4.37. The molecule has 0 radical (unpaired) electrons. The van der Waals surface area contributed by atoms with Crippen molar-refractivity contribution < 1.29 is 23.1 Å². The summed E-state index contributed by atoms with van der Waals surface area (Å²) in [7, 11) is 0. The van der Waals surface area contributed by atoms with Crippen LogP contribution >= 0.6 is 27.5 Å². The first-order valence-corrected chi connectivity index (χ1v) is 34.9. The number of unbranched alkanes of at least 4 members (excludes halogenated alkanes) is 3. The second-order valence-electron chi connectivity index (χ2n) is 18.6. The average molecular weight is 1310 g/mol. The quantitative estimate of drug-likeness (QED) is 0.0186. The van der Waals surface area contributed by atoms with Crippen LogP contribution in [0.25, 0.3) is 56.4 Å². The molecular weight excluding hydrogens is 1250 g/mol. The maximum Gasteiger partial charge on any atom is 0.272 e. The number of nitro groups is 2. The number of aromatic nitrogens is 15. The van der Waals surface area contributed by atoms with Crippen molar-refractivity contribution in [1.29, 1.82) is 0 Å². The van der Waals surface area contributed by atoms with Gasteiger partial charge in [0.15, 0.2) is 38.9 Å². The first-order chi connectivity index (χ1) is 39.6. The second-order valence-corrected chi connectivity index (χ2v) is 32.5. The van der Waals surface area contributed by atoms with E-state index in [4.69, 9.17) is 42.1 Å². The molecule has 11 aromatic rings. The number of halogens is 2. The number of nitrogens with zero attached hydrogens (tertiary/aromatic N) is 15. The zero-order valence-electron chi connectivity index (χ0n) is 45.5. The summed E-state index contributed by atoms with van der Waals surface area (Å²) < 4.78 is 24.0. The minimum atomic E-state index is -2.20. The second kappa shape index (κ2) is 29.3. The third-order valence-corrected chi connectivity index (χ3v) is 28.6. The fourth-order valence-corrected chi connectivity index (χ4v) is 24.5. The third-order valence-electron chi connectivity index (χ3n) is 12.7. The van der Waals surface area contributed by atoms with E-state index in [1.54, 1.807) is 67.3 Å². The predicted molar refractivity (Wildman–Crippen MR) is 316 cm³/mol. The number of aromatic amines is 2. The van der Waals surface area contributed by atoms with Crippen LogP contribution in [0, 0.1) is 34.1 Å². The van der Waals surface area contributed by atoms with Crippen LogP contribution in [0.4, 0.5) is 29.2 Å². The van der Waals surface area contributed by atoms with Crippen molar-refractivity contribution in [3.05, 3.63) is 139 Å². The van der Waals surface area contributed by atoms with E-state index in [1.807, 2.05) is 12.3 Å². The summed E-state index contributed by atoms with van der Waals surface area (Å²) in [6.45, 7) is 10.7. The van der Waals surface area contributed by atoms with Crippen LogP contribution in [0.5, 0.6) is 0 Å². The van der Waals surface area contributed by atoms with E-state index in [1.165, 1.54) is 74.0 Å². The molecule has 2 aromatic carbocycles. The molecule has 9 aromatic heterocycles. The van der Waals surface area contributed by atoms with Crippen LogP contribution in [0.3, 0.4) is 0 Å². The van der Waals surface area contributed by atoms with Gasteiger partial charge in [-0.1, -0.05) is 44.9 Å². The summed E-state index contributed by atoms with van der Waals surface area (Å²) in [5.74, 6) is 1.41. The van der Waals surface area contributed by atoms with Gasteiger partial charge in [-0.15, -0.1) is 15.3 Å². The monoisotopic (exact) mass is 1310 g/mol. The van der Waals surface area contributed by atoms with Gasteiger partial charge in [-0.2, -0.15) is 40.6 Å². The summed E-state index contributed by atoms with van der Waals surface area (Å²) in [4.78, 5) is 44.5. The molecule has 0 aliphatic rings. The number of nitrogens with one attached hydrogen (secondary N) is 2. The van der Waals surface area contributed by atoms with Gasteiger partial charge in [0.2, 0.25) is 29.1 Å². The van der Waals surface area contributed by atoms with Crippen molar-refractivity contribution >= 4 is 112 Å². The predicted octanol–water partition coefficient (Wildman–Crippen LogP) is 11.0. The molecule has 27 nitrogen and oxygen atoms in total. The Hall–Kier alpha value is -8.51. The maximum atomic E-state index is 11.0. The number of rotatable bonds is 17. The van der Waals surface area contributed by atoms with Crippen molar-refractivity contribution in [3.63, 3.8) is 0 Å². The molecule has 11 rings (SSSR count). The van der Waals surface area contributed by atoms with Crippen molar-refractivity contribution in [1.82, 2.24) is 75.7 Å². The summed E-state index contributed by atoms with van der Waals surface area (Å²) >= 11 is 6.73. The molecule has 0 bridgehead atoms. The Balaban J connectivity index is 0.000000153. The van der Waals surface area contributed by atoms with Crippen molar-refractivity contribution in [2.24, 2.45) is 0 Å². The van der Waals surface area contributed by atoms with Gasteiger partial charge in [0.05, 0.1) is 28.9 Å². The number of hydrogen-bond acceptors (Lipinski definition) is 22. The minimum Gasteiger partial charge on any atom is -0.463 e. The minimum absolute atomic E-state index is 0.0730. The van der Waals surface area contributed by atoms with E-state index in [-0.39, 0.29) is 39.3 Å². The van der Waals surface area contributed by atoms with Gasteiger partial charge >= 0.3 is 118 Å². The maximum absolute atomic E-state index is 11.0. The van der Waals surface area contributed by atoms with Gasteiger partial charge in [-0.3, -0.25) is 20.2 Å². The number of fused-ring (bicyclic) bond motifs is 3. The standard InChI is InChI=1S/C16H13N7O3.C8H8BrNO2.C8H6N6O.C4H3ClN6.C4H3O.3C4H9.Sn/c1-9-7-10(4-5-11(9)23(24)25)8-22-15-14(20-21-22)13(18-16(17)19-15)12-3-2-6-26-12;1-6-4-7(5-9)2-3-8(6)10(11)12;9-8-10-5(4-2-1-3-15-4)6-7(11-8)13-14-12-6;5-2-1-3(10-11-9-1)8-4(6)7-2;1-2-4-5-3-1;3*1-3-4-2;/h2-7H,8H2,1H3,(H2,17,18,19);2-4H,5H2,1H3;1-3H,(H3,9,10,11,12,13,14);(H3,6,7,8,9,10,11);1-3H;3*1,3-4H2,2H3;. The van der Waals surface area contributed by atoms with Crippen LogP contribution in [0.15, 0.2) is 105 Å². The summed E-state index contributed by atoms with van der Waals surface area (Å²) in [6.07, 6.45) is 13.2. The molecule has 0 unspecified atom stereocenters. The van der Waals surface area contributed by atoms with Crippen LogP contribution < -0.4 is 21.0 Å². The normalized spacial score (nSPS) is 11.0. The first kappa shape index (κ1) is 61.1. The smallest absolute Gasteiger partial charge is 0.272 e. The number of nitrogens with two attached hydrogens (primary N) is 3. The van der Waals surface area contributed by atoms with E-state index in [0.29, 0.717) is 74.1 Å². The molecule has 0 aliphatic carbocycles. The number of nitro benzene ring substituents is 2. The van der Waals surface area contributed by atoms with Gasteiger partial charge in [-0.05, 0) is 61.4 Å². The summed E-state index contributed by atoms with van der Waals surface area (Å²) in [5.41, 5.74) is 23.8. The van der Waals surface area contributed by atoms with Crippen LogP contribution in [0.2, 0.25) is 18.5 Å². The van der Waals surface area contributed by atoms with Crippen LogP contribution in [-0.2, 0) is 11.9 Å². The molecule has 0 aliphatic heterocycles. The van der Waals surface area contributed by atoms with E-state index in [9.17, 15) is 20.2 Å². The number of anilines is 3. The Morgan fingerprint density at radius 3 is 1.61 bits per heavy atom. The first-order valence-electron chi connectivity index (χ1n) is 25.9. The number of hydrogen-bond donors (Lipinski definition) is 5. The van der Waals surface area contributed by atoms with Gasteiger partial charge in [0.25, 0.3) is 11.4 Å². The van der Waals surface area contributed by atoms with Crippen molar-refractivity contribution in [2.75, 3.05) is 17.2 Å². The topological polar surface area (TPSA) is 395 Å². The molecule has 82 heavy (non-hydrogen) atoms. The van der Waals surface area contributed by atoms with Crippen LogP contribution in [-0.4, -0.2) is 104 Å². The van der Waals surface area contributed by atoms with Gasteiger partial charge < -0.3 is 26.0 Å². The molecule has 428 valence electrons. The van der Waals surface area contributed by atoms with E-state index in [2.05, 4.69) is 120 Å². The molecule has 0 saturated carbocycles. The SMILES string of the molecule is CCC[CH2][Sn]([CH2]CCC)([CH2]CCC)[c]1ccco1.Cc1cc(CBr)ccc1[N+](=O)[O-].Cc1cc(Cn2nnc3c(-c4ccco4)nc(N)nc32)ccc1[N+](=O)[O-].Nc1nc(-c2ccco2)c2n[nH]nc2n1.Nc1nc(Cl)c2n[nH]nc2n1. The Kier molecular flexibility index (Phi) is 21.8. The third kappa shape index (κ3) is 15.7. The summed E-state index contributed by atoms with van der Waals surface area (Å²) in [6, 6.07) is 21.4. The summed E-state index contributed by atoms with van der Waals surface area (Å²) in [5, 5.41) is 50.6. The number of alkyl halides is 1. The largest absolute Gasteiger partial charge is 0.463 e. The molecule has 0 atom stereocenters. The van der Waals surface area contributed by atoms with Gasteiger partial charge in [0, 0.05) is 28.6 Å². The number of furan rings is 3. The number of aryl methyl sites for hydroxylation is 2. The zero-order chi connectivity index (χ0) is 58.8. The Bertz CT molecular complexity index is 3800. The Morgan fingerprint density at radius 2 is 1.11 bits per heavy atom. The zero-order valence-corrected chi connectivity index (χ0v) is 50.7. The van der Waals surface area contributed by atoms with E-state index in [0.717, 1.165) is 16.5 Å². The number of benzene rings is 2. The van der Waals surface area contributed by atoms with Gasteiger partial charge in [0.1, 0.15) is 11.4 Å². The van der Waals surface area contributed by atoms with Crippen molar-refractivity contribution in [3.8, 4) is 22.9 Å². The molecule has 30 heteroatoms. The van der Waals surface area contributed by atoms with E-state index >= 15 is 0 Å². The molecule has 0 fully saturated rings.